The van der Waals surface area contributed by atoms with Crippen molar-refractivity contribution in [2.75, 3.05) is 31.1 Å². The van der Waals surface area contributed by atoms with Crippen molar-refractivity contribution < 1.29 is 9.00 Å². The Morgan fingerprint density at radius 3 is 2.59 bits per heavy atom. The van der Waals surface area contributed by atoms with E-state index in [1.165, 1.54) is 0 Å². The Bertz CT molecular complexity index is 440. The van der Waals surface area contributed by atoms with Crippen LogP contribution in [0.1, 0.15) is 10.4 Å². The van der Waals surface area contributed by atoms with E-state index in [1.54, 1.807) is 12.1 Å². The summed E-state index contributed by atoms with van der Waals surface area (Å²) in [7, 11) is -0.704. The maximum absolute atomic E-state index is 12.0. The van der Waals surface area contributed by atoms with Gasteiger partial charge in [0, 0.05) is 41.0 Å². The summed E-state index contributed by atoms with van der Waals surface area (Å²) < 4.78 is 11.2. The predicted octanol–water partition coefficient (Wildman–Crippen LogP) is 1.59. The molecule has 0 unspecified atom stereocenters. The van der Waals surface area contributed by atoms with Crippen LogP contribution in [0.15, 0.2) is 24.3 Å². The summed E-state index contributed by atoms with van der Waals surface area (Å²) in [6.07, 6.45) is 0. The van der Waals surface area contributed by atoms with E-state index in [2.05, 4.69) is 0 Å². The molecule has 1 aromatic rings. The highest BCUT2D eigenvalue weighted by Crippen LogP contribution is 2.16. The lowest BCUT2D eigenvalue weighted by Crippen LogP contribution is -2.40. The number of hydrogen-bond acceptors (Lipinski definition) is 3. The second-order valence-electron chi connectivity index (χ2n) is 4.03. The summed E-state index contributed by atoms with van der Waals surface area (Å²) in [5.74, 6) is 1.36. The van der Waals surface area contributed by atoms with Gasteiger partial charge in [-0.15, -0.1) is 0 Å². The molecule has 1 fully saturated rings. The van der Waals surface area contributed by atoms with E-state index in [1.807, 2.05) is 17.0 Å². The zero-order valence-corrected chi connectivity index (χ0v) is 11.0. The van der Waals surface area contributed by atoms with E-state index >= 15 is 0 Å². The highest BCUT2D eigenvalue weighted by molar-refractivity contribution is 7.85. The van der Waals surface area contributed by atoms with Gasteiger partial charge in [-0.05, 0) is 12.1 Å². The summed E-state index contributed by atoms with van der Waals surface area (Å²) in [6.45, 7) is 1.81. The van der Waals surface area contributed by atoms with E-state index in [-0.39, 0.29) is 5.78 Å². The first-order chi connectivity index (χ1) is 8.16. The molecule has 1 heterocycles. The average Bonchev–Trinajstić information content (AvgIpc) is 2.32. The van der Waals surface area contributed by atoms with Gasteiger partial charge in [0.1, 0.15) is 0 Å². The van der Waals surface area contributed by atoms with Crippen LogP contribution in [0.3, 0.4) is 0 Å². The van der Waals surface area contributed by atoms with Crippen molar-refractivity contribution in [3.05, 3.63) is 34.9 Å². The number of rotatable bonds is 3. The maximum Gasteiger partial charge on any atom is 0.178 e. The number of halogens is 1. The quantitative estimate of drug-likeness (QED) is 0.784. The van der Waals surface area contributed by atoms with Crippen molar-refractivity contribution in [2.24, 2.45) is 0 Å². The Morgan fingerprint density at radius 2 is 1.94 bits per heavy atom. The molecule has 0 amide bonds. The summed E-state index contributed by atoms with van der Waals surface area (Å²) in [6, 6.07) is 7.08. The minimum absolute atomic E-state index is 0.0308. The van der Waals surface area contributed by atoms with Gasteiger partial charge in [-0.25, -0.2) is 0 Å². The van der Waals surface area contributed by atoms with Crippen LogP contribution >= 0.6 is 11.6 Å². The Labute approximate surface area is 108 Å². The Morgan fingerprint density at radius 1 is 1.29 bits per heavy atom. The molecule has 0 spiro atoms. The molecule has 1 aromatic carbocycles. The molecule has 92 valence electrons. The monoisotopic (exact) mass is 271 g/mol. The fraction of sp³-hybridized carbons (Fsp3) is 0.417. The molecule has 3 nitrogen and oxygen atoms in total. The standard InChI is InChI=1S/C12H14ClNO2S/c13-11-4-2-1-3-10(11)12(15)9-14-5-7-17(16)8-6-14/h1-4H,5-9H2. The highest BCUT2D eigenvalue weighted by Gasteiger charge is 2.19. The molecule has 0 atom stereocenters. The van der Waals surface area contributed by atoms with Crippen LogP contribution in [0, 0.1) is 0 Å². The molecular weight excluding hydrogens is 258 g/mol. The molecule has 2 rings (SSSR count). The Hall–Kier alpha value is -0.710. The predicted molar refractivity (Wildman–Crippen MR) is 70.1 cm³/mol. The van der Waals surface area contributed by atoms with Gasteiger partial charge in [0.15, 0.2) is 5.78 Å². The van der Waals surface area contributed by atoms with Crippen molar-refractivity contribution in [1.29, 1.82) is 0 Å². The van der Waals surface area contributed by atoms with E-state index in [0.29, 0.717) is 28.6 Å². The van der Waals surface area contributed by atoms with Gasteiger partial charge in [0.2, 0.25) is 0 Å². The van der Waals surface area contributed by atoms with Gasteiger partial charge in [-0.3, -0.25) is 13.9 Å². The number of nitrogens with zero attached hydrogens (tertiary/aromatic N) is 1. The van der Waals surface area contributed by atoms with Crippen molar-refractivity contribution >= 4 is 28.2 Å². The minimum Gasteiger partial charge on any atom is -0.294 e. The third-order valence-corrected chi connectivity index (χ3v) is 4.42. The first kappa shape index (κ1) is 12.7. The lowest BCUT2D eigenvalue weighted by molar-refractivity contribution is 0.0937. The number of hydrogen-bond donors (Lipinski definition) is 0. The first-order valence-electron chi connectivity index (χ1n) is 5.52. The zero-order chi connectivity index (χ0) is 12.3. The molecule has 0 aromatic heterocycles. The number of ketones is 1. The van der Waals surface area contributed by atoms with Gasteiger partial charge in [-0.2, -0.15) is 0 Å². The molecule has 1 aliphatic heterocycles. The molecule has 1 saturated heterocycles. The highest BCUT2D eigenvalue weighted by atomic mass is 35.5. The summed E-state index contributed by atoms with van der Waals surface area (Å²) in [5.41, 5.74) is 0.570. The van der Waals surface area contributed by atoms with Crippen molar-refractivity contribution in [1.82, 2.24) is 4.90 Å². The van der Waals surface area contributed by atoms with Crippen molar-refractivity contribution in [3.63, 3.8) is 0 Å². The number of Topliss-reactive ketones (excluding diaryl/α,β-unsaturated/α-hetero) is 1. The second-order valence-corrected chi connectivity index (χ2v) is 6.13. The molecule has 0 aliphatic carbocycles. The fourth-order valence-electron chi connectivity index (χ4n) is 1.81. The smallest absolute Gasteiger partial charge is 0.178 e. The topological polar surface area (TPSA) is 37.4 Å². The van der Waals surface area contributed by atoms with Crippen LogP contribution in [0.5, 0.6) is 0 Å². The SMILES string of the molecule is O=C(CN1CCS(=O)CC1)c1ccccc1Cl. The zero-order valence-electron chi connectivity index (χ0n) is 9.39. The molecule has 0 radical (unpaired) electrons. The number of carbonyl (C=O) groups excluding carboxylic acids is 1. The molecule has 5 heteroatoms. The van der Waals surface area contributed by atoms with E-state index in [4.69, 9.17) is 11.6 Å². The maximum atomic E-state index is 12.0. The van der Waals surface area contributed by atoms with E-state index < -0.39 is 10.8 Å². The van der Waals surface area contributed by atoms with Gasteiger partial charge >= 0.3 is 0 Å². The van der Waals surface area contributed by atoms with Crippen LogP contribution in [0.4, 0.5) is 0 Å². The van der Waals surface area contributed by atoms with Crippen LogP contribution in [0.25, 0.3) is 0 Å². The lowest BCUT2D eigenvalue weighted by atomic mass is 10.1. The third kappa shape index (κ3) is 3.37. The van der Waals surface area contributed by atoms with Gasteiger partial charge in [0.25, 0.3) is 0 Å². The van der Waals surface area contributed by atoms with Gasteiger partial charge in [0.05, 0.1) is 11.6 Å². The summed E-state index contributed by atoms with van der Waals surface area (Å²) >= 11 is 5.97. The summed E-state index contributed by atoms with van der Waals surface area (Å²) in [5, 5.41) is 0.498. The Balaban J connectivity index is 1.98. The molecule has 0 N–H and O–H groups in total. The third-order valence-electron chi connectivity index (χ3n) is 2.81. The Kier molecular flexibility index (Phi) is 4.31. The van der Waals surface area contributed by atoms with Gasteiger partial charge in [-0.1, -0.05) is 23.7 Å². The molecule has 1 aliphatic rings. The summed E-state index contributed by atoms with van der Waals surface area (Å²) in [4.78, 5) is 14.0. The van der Waals surface area contributed by atoms with Crippen molar-refractivity contribution in [2.45, 2.75) is 0 Å². The van der Waals surface area contributed by atoms with Crippen LogP contribution < -0.4 is 0 Å². The average molecular weight is 272 g/mol. The van der Waals surface area contributed by atoms with Crippen LogP contribution in [0.2, 0.25) is 5.02 Å². The second kappa shape index (κ2) is 5.76. The van der Waals surface area contributed by atoms with E-state index in [9.17, 15) is 9.00 Å². The minimum atomic E-state index is -0.704. The molecular formula is C12H14ClNO2S. The fourth-order valence-corrected chi connectivity index (χ4v) is 3.18. The van der Waals surface area contributed by atoms with Crippen molar-refractivity contribution in [3.8, 4) is 0 Å². The normalized spacial score (nSPS) is 18.2. The molecule has 0 saturated carbocycles. The lowest BCUT2D eigenvalue weighted by Gasteiger charge is -2.25. The molecule has 0 bridgehead atoms. The van der Waals surface area contributed by atoms with Gasteiger partial charge < -0.3 is 0 Å². The first-order valence-corrected chi connectivity index (χ1v) is 7.38. The largest absolute Gasteiger partial charge is 0.294 e. The van der Waals surface area contributed by atoms with Crippen LogP contribution in [-0.4, -0.2) is 46.0 Å². The van der Waals surface area contributed by atoms with Crippen LogP contribution in [-0.2, 0) is 10.8 Å². The number of carbonyl (C=O) groups is 1. The van der Waals surface area contributed by atoms with E-state index in [0.717, 1.165) is 13.1 Å². The molecule has 17 heavy (non-hydrogen) atoms. The number of benzene rings is 1.